The highest BCUT2D eigenvalue weighted by Crippen LogP contribution is 2.24. The number of hydrogen-bond donors (Lipinski definition) is 2. The average Bonchev–Trinajstić information content (AvgIpc) is 2.73. The Kier molecular flexibility index (Phi) is 7.54. The molecule has 0 aliphatic carbocycles. The van der Waals surface area contributed by atoms with Crippen LogP contribution in [0, 0.1) is 5.92 Å². The number of rotatable bonds is 5. The van der Waals surface area contributed by atoms with Crippen LogP contribution < -0.4 is 10.6 Å². The molecule has 19 heavy (non-hydrogen) atoms. The number of carbonyl (C=O) groups excluding carboxylic acids is 1. The van der Waals surface area contributed by atoms with E-state index >= 15 is 0 Å². The minimum absolute atomic E-state index is 0. The maximum Gasteiger partial charge on any atom is 0.317 e. The second-order valence-corrected chi connectivity index (χ2v) is 5.70. The number of hydrogen-bond acceptors (Lipinski definition) is 2. The molecule has 3 heterocycles. The number of unbranched alkanes of at least 4 members (excludes halogenated alkanes) is 3. The average molecular weight is 290 g/mol. The summed E-state index contributed by atoms with van der Waals surface area (Å²) < 4.78 is 0. The van der Waals surface area contributed by atoms with E-state index in [1.54, 1.807) is 0 Å². The number of nitrogens with zero attached hydrogens (tertiary/aromatic N) is 1. The van der Waals surface area contributed by atoms with Crippen molar-refractivity contribution in [1.29, 1.82) is 0 Å². The normalized spacial score (nSPS) is 25.6. The fourth-order valence-corrected chi connectivity index (χ4v) is 3.03. The maximum atomic E-state index is 12.2. The van der Waals surface area contributed by atoms with Crippen molar-refractivity contribution in [2.75, 3.05) is 26.2 Å². The van der Waals surface area contributed by atoms with E-state index in [2.05, 4.69) is 22.5 Å². The van der Waals surface area contributed by atoms with Crippen LogP contribution in [-0.2, 0) is 0 Å². The van der Waals surface area contributed by atoms with E-state index in [9.17, 15) is 4.79 Å². The van der Waals surface area contributed by atoms with Gasteiger partial charge in [-0.3, -0.25) is 0 Å². The van der Waals surface area contributed by atoms with Crippen molar-refractivity contribution in [3.63, 3.8) is 0 Å². The van der Waals surface area contributed by atoms with Crippen LogP contribution >= 0.6 is 12.4 Å². The molecular weight excluding hydrogens is 262 g/mol. The Morgan fingerprint density at radius 3 is 2.89 bits per heavy atom. The third-order valence-corrected chi connectivity index (χ3v) is 4.18. The Balaban J connectivity index is 0.00000180. The van der Waals surface area contributed by atoms with Gasteiger partial charge in [-0.15, -0.1) is 12.4 Å². The van der Waals surface area contributed by atoms with Gasteiger partial charge in [0.1, 0.15) is 0 Å². The summed E-state index contributed by atoms with van der Waals surface area (Å²) in [5, 5.41) is 6.54. The molecule has 0 aromatic heterocycles. The molecule has 4 nitrogen and oxygen atoms in total. The molecule has 2 bridgehead atoms. The van der Waals surface area contributed by atoms with Crippen LogP contribution in [0.1, 0.15) is 45.4 Å². The molecule has 0 radical (unpaired) electrons. The van der Waals surface area contributed by atoms with Crippen molar-refractivity contribution >= 4 is 18.4 Å². The molecule has 3 fully saturated rings. The number of piperidine rings is 1. The van der Waals surface area contributed by atoms with Crippen LogP contribution in [0.4, 0.5) is 4.79 Å². The first-order valence-corrected chi connectivity index (χ1v) is 7.56. The molecule has 112 valence electrons. The molecule has 0 unspecified atom stereocenters. The summed E-state index contributed by atoms with van der Waals surface area (Å²) in [5.74, 6) is 0.662. The molecule has 0 aromatic carbocycles. The van der Waals surface area contributed by atoms with Crippen molar-refractivity contribution in [3.8, 4) is 0 Å². The Labute approximate surface area is 123 Å². The number of urea groups is 1. The minimum Gasteiger partial charge on any atom is -0.338 e. The first kappa shape index (κ1) is 16.6. The van der Waals surface area contributed by atoms with Crippen LogP contribution in [0.25, 0.3) is 0 Å². The number of carbonyl (C=O) groups is 1. The van der Waals surface area contributed by atoms with Crippen LogP contribution in [0.5, 0.6) is 0 Å². The second kappa shape index (κ2) is 8.64. The molecule has 0 spiro atoms. The summed E-state index contributed by atoms with van der Waals surface area (Å²) >= 11 is 0. The zero-order valence-electron chi connectivity index (χ0n) is 12.0. The first-order valence-electron chi connectivity index (χ1n) is 7.56. The van der Waals surface area contributed by atoms with Crippen LogP contribution in [-0.4, -0.2) is 43.2 Å². The number of fused-ring (bicyclic) bond motifs is 4. The van der Waals surface area contributed by atoms with Crippen molar-refractivity contribution < 1.29 is 4.79 Å². The van der Waals surface area contributed by atoms with Crippen molar-refractivity contribution in [1.82, 2.24) is 15.5 Å². The summed E-state index contributed by atoms with van der Waals surface area (Å²) in [6.45, 7) is 6.04. The lowest BCUT2D eigenvalue weighted by atomic mass is 9.95. The molecule has 0 saturated carbocycles. The van der Waals surface area contributed by atoms with Gasteiger partial charge in [0, 0.05) is 25.7 Å². The van der Waals surface area contributed by atoms with Gasteiger partial charge in [0.2, 0.25) is 0 Å². The summed E-state index contributed by atoms with van der Waals surface area (Å²) in [7, 11) is 0. The summed E-state index contributed by atoms with van der Waals surface area (Å²) in [5.41, 5.74) is 0. The van der Waals surface area contributed by atoms with Crippen LogP contribution in [0.3, 0.4) is 0 Å². The van der Waals surface area contributed by atoms with Crippen molar-refractivity contribution in [2.45, 2.75) is 51.5 Å². The van der Waals surface area contributed by atoms with Gasteiger partial charge in [-0.25, -0.2) is 4.79 Å². The Hall–Kier alpha value is -0.480. The quantitative estimate of drug-likeness (QED) is 0.763. The van der Waals surface area contributed by atoms with Gasteiger partial charge in [-0.2, -0.15) is 0 Å². The highest BCUT2D eigenvalue weighted by atomic mass is 35.5. The van der Waals surface area contributed by atoms with E-state index in [1.165, 1.54) is 32.1 Å². The minimum atomic E-state index is 0. The van der Waals surface area contributed by atoms with Gasteiger partial charge >= 0.3 is 6.03 Å². The van der Waals surface area contributed by atoms with Gasteiger partial charge < -0.3 is 15.5 Å². The monoisotopic (exact) mass is 289 g/mol. The molecule has 3 saturated heterocycles. The molecule has 2 N–H and O–H groups in total. The maximum absolute atomic E-state index is 12.2. The Morgan fingerprint density at radius 2 is 2.11 bits per heavy atom. The number of amides is 2. The highest BCUT2D eigenvalue weighted by molar-refractivity contribution is 5.85. The topological polar surface area (TPSA) is 44.4 Å². The summed E-state index contributed by atoms with van der Waals surface area (Å²) in [6.07, 6.45) is 7.30. The predicted molar refractivity (Wildman–Crippen MR) is 80.9 cm³/mol. The van der Waals surface area contributed by atoms with E-state index in [1.807, 2.05) is 0 Å². The number of nitrogens with one attached hydrogen (secondary N) is 2. The fourth-order valence-electron chi connectivity index (χ4n) is 3.03. The highest BCUT2D eigenvalue weighted by Gasteiger charge is 2.33. The van der Waals surface area contributed by atoms with Crippen molar-refractivity contribution in [2.24, 2.45) is 5.92 Å². The largest absolute Gasteiger partial charge is 0.338 e. The van der Waals surface area contributed by atoms with E-state index in [4.69, 9.17) is 0 Å². The van der Waals surface area contributed by atoms with E-state index in [0.717, 1.165) is 32.6 Å². The molecule has 2 amide bonds. The third kappa shape index (κ3) is 4.84. The van der Waals surface area contributed by atoms with E-state index < -0.39 is 0 Å². The SMILES string of the molecule is CCCCCCNC(=O)N1C[C@@H]2CC[C@H]1CNC2.Cl. The van der Waals surface area contributed by atoms with Crippen LogP contribution in [0.2, 0.25) is 0 Å². The molecule has 2 atom stereocenters. The van der Waals surface area contributed by atoms with E-state index in [0.29, 0.717) is 12.0 Å². The zero-order chi connectivity index (χ0) is 12.8. The lowest BCUT2D eigenvalue weighted by Crippen LogP contribution is -2.51. The van der Waals surface area contributed by atoms with Gasteiger partial charge in [-0.05, 0) is 31.7 Å². The molecule has 0 aromatic rings. The van der Waals surface area contributed by atoms with Crippen molar-refractivity contribution in [3.05, 3.63) is 0 Å². The zero-order valence-corrected chi connectivity index (χ0v) is 12.8. The summed E-state index contributed by atoms with van der Waals surface area (Å²) in [4.78, 5) is 14.2. The summed E-state index contributed by atoms with van der Waals surface area (Å²) in [6, 6.07) is 0.573. The Bertz CT molecular complexity index is 271. The smallest absolute Gasteiger partial charge is 0.317 e. The molecular formula is C14H28ClN3O. The second-order valence-electron chi connectivity index (χ2n) is 5.70. The lowest BCUT2D eigenvalue weighted by Gasteiger charge is -2.36. The van der Waals surface area contributed by atoms with Crippen LogP contribution in [0.15, 0.2) is 0 Å². The third-order valence-electron chi connectivity index (χ3n) is 4.18. The lowest BCUT2D eigenvalue weighted by molar-refractivity contribution is 0.142. The number of halogens is 1. The first-order chi connectivity index (χ1) is 8.81. The standard InChI is InChI=1S/C14H27N3O.ClH/c1-2-3-4-5-8-16-14(18)17-11-12-6-7-13(17)10-15-9-12;/h12-13,15H,2-11H2,1H3,(H,16,18);1H/t12-,13+;/m1./s1. The van der Waals surface area contributed by atoms with Gasteiger partial charge in [-0.1, -0.05) is 26.2 Å². The van der Waals surface area contributed by atoms with E-state index in [-0.39, 0.29) is 18.4 Å². The molecule has 3 rings (SSSR count). The fraction of sp³-hybridized carbons (Fsp3) is 0.929. The molecule has 3 aliphatic heterocycles. The predicted octanol–water partition coefficient (Wildman–Crippen LogP) is 2.38. The Morgan fingerprint density at radius 1 is 1.26 bits per heavy atom. The van der Waals surface area contributed by atoms with Gasteiger partial charge in [0.15, 0.2) is 0 Å². The molecule has 3 aliphatic rings. The van der Waals surface area contributed by atoms with Gasteiger partial charge in [0.25, 0.3) is 0 Å². The molecule has 5 heteroatoms. The van der Waals surface area contributed by atoms with Gasteiger partial charge in [0.05, 0.1) is 0 Å².